The van der Waals surface area contributed by atoms with Crippen LogP contribution in [0.15, 0.2) is 11.1 Å². The van der Waals surface area contributed by atoms with E-state index in [2.05, 4.69) is 24.6 Å². The van der Waals surface area contributed by atoms with Crippen LogP contribution in [0.25, 0.3) is 0 Å². The summed E-state index contributed by atoms with van der Waals surface area (Å²) in [4.78, 5) is 19.2. The second-order valence-electron chi connectivity index (χ2n) is 7.77. The van der Waals surface area contributed by atoms with Crippen molar-refractivity contribution in [2.75, 3.05) is 13.1 Å². The maximum atomic E-state index is 12.4. The zero-order valence-electron chi connectivity index (χ0n) is 15.8. The van der Waals surface area contributed by atoms with Crippen LogP contribution in [-0.4, -0.2) is 42.3 Å². The van der Waals surface area contributed by atoms with Crippen LogP contribution in [0.5, 0.6) is 0 Å². The number of nitrogens with zero attached hydrogens (tertiary/aromatic N) is 6. The van der Waals surface area contributed by atoms with Crippen molar-refractivity contribution < 1.29 is 0 Å². The lowest BCUT2D eigenvalue weighted by molar-refractivity contribution is 0.161. The fraction of sp³-hybridized carbons (Fsp3) is 0.684. The fourth-order valence-corrected chi connectivity index (χ4v) is 4.10. The second-order valence-corrected chi connectivity index (χ2v) is 7.77. The molecule has 0 saturated carbocycles. The Bertz CT molecular complexity index is 831. The van der Waals surface area contributed by atoms with E-state index < -0.39 is 0 Å². The molecule has 2 aliphatic rings. The Balaban J connectivity index is 1.34. The molecule has 1 fully saturated rings. The molecule has 2 aromatic rings. The van der Waals surface area contributed by atoms with Crippen LogP contribution in [0.1, 0.15) is 48.6 Å². The average Bonchev–Trinajstić information content (AvgIpc) is 3.07. The summed E-state index contributed by atoms with van der Waals surface area (Å²) < 4.78 is 4.10. The number of aryl methyl sites for hydroxylation is 2. The van der Waals surface area contributed by atoms with Crippen LogP contribution < -0.4 is 5.56 Å². The van der Waals surface area contributed by atoms with Gasteiger partial charge in [-0.1, -0.05) is 0 Å². The molecule has 2 aliphatic heterocycles. The van der Waals surface area contributed by atoms with Crippen molar-refractivity contribution in [2.45, 2.75) is 65.6 Å². The van der Waals surface area contributed by atoms with Crippen LogP contribution in [-0.2, 0) is 26.1 Å². The van der Waals surface area contributed by atoms with E-state index in [1.54, 1.807) is 10.9 Å². The Hall–Kier alpha value is -2.02. The van der Waals surface area contributed by atoms with E-state index in [-0.39, 0.29) is 5.56 Å². The summed E-state index contributed by atoms with van der Waals surface area (Å²) in [5.41, 5.74) is 1.70. The quantitative estimate of drug-likeness (QED) is 0.834. The van der Waals surface area contributed by atoms with Crippen molar-refractivity contribution in [3.8, 4) is 0 Å². The summed E-state index contributed by atoms with van der Waals surface area (Å²) in [5.74, 6) is 2.82. The third kappa shape index (κ3) is 3.45. The van der Waals surface area contributed by atoms with Crippen LogP contribution in [0.4, 0.5) is 0 Å². The molecule has 4 heterocycles. The molecule has 0 spiro atoms. The first-order chi connectivity index (χ1) is 12.6. The van der Waals surface area contributed by atoms with Crippen molar-refractivity contribution in [1.82, 2.24) is 29.2 Å². The van der Waals surface area contributed by atoms with Crippen molar-refractivity contribution in [2.24, 2.45) is 5.92 Å². The Morgan fingerprint density at radius 3 is 2.73 bits per heavy atom. The molecule has 26 heavy (non-hydrogen) atoms. The van der Waals surface area contributed by atoms with E-state index in [0.29, 0.717) is 5.92 Å². The summed E-state index contributed by atoms with van der Waals surface area (Å²) in [6.45, 7) is 8.61. The first-order valence-corrected chi connectivity index (χ1v) is 9.78. The summed E-state index contributed by atoms with van der Waals surface area (Å²) in [6, 6.07) is 0. The highest BCUT2D eigenvalue weighted by Crippen LogP contribution is 2.21. The smallest absolute Gasteiger partial charge is 0.256 e. The van der Waals surface area contributed by atoms with Gasteiger partial charge >= 0.3 is 0 Å². The Labute approximate surface area is 154 Å². The molecule has 0 aromatic carbocycles. The Kier molecular flexibility index (Phi) is 4.89. The van der Waals surface area contributed by atoms with Gasteiger partial charge in [-0.15, -0.1) is 10.2 Å². The lowest BCUT2D eigenvalue weighted by Crippen LogP contribution is -2.37. The summed E-state index contributed by atoms with van der Waals surface area (Å²) in [6.07, 6.45) is 7.46. The molecule has 0 amide bonds. The molecule has 0 bridgehead atoms. The average molecular weight is 356 g/mol. The van der Waals surface area contributed by atoms with Crippen molar-refractivity contribution >= 4 is 0 Å². The molecule has 2 aromatic heterocycles. The molecule has 0 N–H and O–H groups in total. The first-order valence-electron chi connectivity index (χ1n) is 9.78. The number of aromatic nitrogens is 5. The lowest BCUT2D eigenvalue weighted by Gasteiger charge is -2.32. The number of piperidine rings is 1. The van der Waals surface area contributed by atoms with E-state index in [4.69, 9.17) is 0 Å². The standard InChI is InChI=1S/C19H28N6O/c1-14-15(2)20-13-24(19(14)26)11-16-6-9-23(10-7-16)12-18-22-21-17-5-3-4-8-25(17)18/h13,16H,3-12H2,1-2H3. The van der Waals surface area contributed by atoms with Crippen LogP contribution in [0.3, 0.4) is 0 Å². The van der Waals surface area contributed by atoms with E-state index in [1.165, 1.54) is 12.8 Å². The van der Waals surface area contributed by atoms with Gasteiger partial charge in [0, 0.05) is 30.8 Å². The summed E-state index contributed by atoms with van der Waals surface area (Å²) >= 11 is 0. The minimum Gasteiger partial charge on any atom is -0.314 e. The number of hydrogen-bond donors (Lipinski definition) is 0. The molecule has 7 nitrogen and oxygen atoms in total. The fourth-order valence-electron chi connectivity index (χ4n) is 4.10. The largest absolute Gasteiger partial charge is 0.314 e. The summed E-state index contributed by atoms with van der Waals surface area (Å²) in [5, 5.41) is 8.79. The zero-order chi connectivity index (χ0) is 18.1. The minimum atomic E-state index is 0.106. The Morgan fingerprint density at radius 1 is 1.12 bits per heavy atom. The molecular formula is C19H28N6O. The van der Waals surface area contributed by atoms with Gasteiger partial charge < -0.3 is 4.57 Å². The third-order valence-corrected chi connectivity index (χ3v) is 5.98. The molecule has 140 valence electrons. The molecule has 7 heteroatoms. The highest BCUT2D eigenvalue weighted by atomic mass is 16.1. The van der Waals surface area contributed by atoms with E-state index in [0.717, 1.165) is 74.9 Å². The van der Waals surface area contributed by atoms with E-state index >= 15 is 0 Å². The normalized spacial score (nSPS) is 18.8. The molecule has 1 saturated heterocycles. The maximum absolute atomic E-state index is 12.4. The van der Waals surface area contributed by atoms with Crippen molar-refractivity contribution in [1.29, 1.82) is 0 Å². The van der Waals surface area contributed by atoms with Gasteiger partial charge in [0.1, 0.15) is 11.6 Å². The van der Waals surface area contributed by atoms with Gasteiger partial charge in [-0.25, -0.2) is 4.98 Å². The Morgan fingerprint density at radius 2 is 1.92 bits per heavy atom. The number of rotatable bonds is 4. The van der Waals surface area contributed by atoms with Gasteiger partial charge in [0.15, 0.2) is 0 Å². The number of likely N-dealkylation sites (tertiary alicyclic amines) is 1. The lowest BCUT2D eigenvalue weighted by atomic mass is 9.96. The minimum absolute atomic E-state index is 0.106. The highest BCUT2D eigenvalue weighted by molar-refractivity contribution is 5.12. The van der Waals surface area contributed by atoms with Crippen LogP contribution >= 0.6 is 0 Å². The molecular weight excluding hydrogens is 328 g/mol. The maximum Gasteiger partial charge on any atom is 0.256 e. The van der Waals surface area contributed by atoms with Gasteiger partial charge in [-0.3, -0.25) is 14.3 Å². The number of fused-ring (bicyclic) bond motifs is 1. The molecule has 0 radical (unpaired) electrons. The van der Waals surface area contributed by atoms with Crippen LogP contribution in [0, 0.1) is 19.8 Å². The molecule has 4 rings (SSSR count). The SMILES string of the molecule is Cc1ncn(CC2CCN(Cc3nnc4n3CCCC4)CC2)c(=O)c1C. The monoisotopic (exact) mass is 356 g/mol. The molecule has 0 aliphatic carbocycles. The van der Waals surface area contributed by atoms with Gasteiger partial charge in [-0.2, -0.15) is 0 Å². The van der Waals surface area contributed by atoms with Gasteiger partial charge in [0.05, 0.1) is 12.9 Å². The van der Waals surface area contributed by atoms with E-state index in [1.807, 2.05) is 13.8 Å². The van der Waals surface area contributed by atoms with E-state index in [9.17, 15) is 4.79 Å². The topological polar surface area (TPSA) is 68.8 Å². The van der Waals surface area contributed by atoms with Gasteiger partial charge in [0.2, 0.25) is 0 Å². The zero-order valence-corrected chi connectivity index (χ0v) is 15.8. The predicted octanol–water partition coefficient (Wildman–Crippen LogP) is 1.70. The highest BCUT2D eigenvalue weighted by Gasteiger charge is 2.23. The molecule has 0 atom stereocenters. The number of hydrogen-bond acceptors (Lipinski definition) is 5. The third-order valence-electron chi connectivity index (χ3n) is 5.98. The van der Waals surface area contributed by atoms with Gasteiger partial charge in [0.25, 0.3) is 5.56 Å². The molecule has 0 unspecified atom stereocenters. The predicted molar refractivity (Wildman–Crippen MR) is 98.9 cm³/mol. The first kappa shape index (κ1) is 17.4. The van der Waals surface area contributed by atoms with Crippen LogP contribution in [0.2, 0.25) is 0 Å². The van der Waals surface area contributed by atoms with Gasteiger partial charge in [-0.05, 0) is 58.5 Å². The van der Waals surface area contributed by atoms with Crippen molar-refractivity contribution in [3.05, 3.63) is 39.6 Å². The second kappa shape index (κ2) is 7.31. The summed E-state index contributed by atoms with van der Waals surface area (Å²) in [7, 11) is 0. The van der Waals surface area contributed by atoms with Crippen molar-refractivity contribution in [3.63, 3.8) is 0 Å².